The zero-order valence-corrected chi connectivity index (χ0v) is 16.1. The van der Waals surface area contributed by atoms with Crippen molar-refractivity contribution in [3.05, 3.63) is 70.8 Å². The summed E-state index contributed by atoms with van der Waals surface area (Å²) in [6.07, 6.45) is -2.75. The second-order valence-electron chi connectivity index (χ2n) is 5.61. The van der Waals surface area contributed by atoms with E-state index >= 15 is 0 Å². The number of hydrogen-bond donors (Lipinski definition) is 2. The van der Waals surface area contributed by atoms with Crippen LogP contribution in [0.4, 0.5) is 18.9 Å². The van der Waals surface area contributed by atoms with Gasteiger partial charge < -0.3 is 0 Å². The second kappa shape index (κ2) is 10.9. The summed E-state index contributed by atoms with van der Waals surface area (Å²) in [6, 6.07) is 10.0. The molecule has 9 nitrogen and oxygen atoms in total. The van der Waals surface area contributed by atoms with E-state index in [0.29, 0.717) is 16.3 Å². The van der Waals surface area contributed by atoms with E-state index in [1.807, 2.05) is 5.48 Å². The van der Waals surface area contributed by atoms with E-state index in [1.165, 1.54) is 6.20 Å². The highest BCUT2D eigenvalue weighted by Crippen LogP contribution is 2.19. The van der Waals surface area contributed by atoms with Crippen LogP contribution in [0.1, 0.15) is 21.7 Å². The number of Topliss-reactive ketones (excluding diaryl/α,β-unsaturated/α-hetero) is 1. The van der Waals surface area contributed by atoms with Crippen LogP contribution in [-0.2, 0) is 11.2 Å². The lowest BCUT2D eigenvalue weighted by atomic mass is 10.1. The lowest BCUT2D eigenvalue weighted by molar-refractivity contribution is -0.156. The molecular formula is C18H13ClF3N5O4. The van der Waals surface area contributed by atoms with Crippen LogP contribution in [-0.4, -0.2) is 44.6 Å². The Labute approximate surface area is 177 Å². The third kappa shape index (κ3) is 7.60. The number of benzene rings is 1. The number of aldehydes is 1. The number of halogens is 4. The minimum atomic E-state index is -4.64. The van der Waals surface area contributed by atoms with Gasteiger partial charge in [0.25, 0.3) is 0 Å². The summed E-state index contributed by atoms with van der Waals surface area (Å²) in [5, 5.41) is 17.3. The van der Waals surface area contributed by atoms with Crippen molar-refractivity contribution in [2.75, 3.05) is 0 Å². The molecule has 0 aliphatic rings. The Morgan fingerprint density at radius 2 is 2.00 bits per heavy atom. The number of amidine groups is 1. The number of nitrogens with one attached hydrogen (secondary N) is 1. The molecule has 0 atom stereocenters. The van der Waals surface area contributed by atoms with Crippen molar-refractivity contribution in [1.82, 2.24) is 20.8 Å². The van der Waals surface area contributed by atoms with Gasteiger partial charge in [0.05, 0.1) is 12.1 Å². The molecule has 0 saturated carbocycles. The minimum absolute atomic E-state index is 0.0162. The molecule has 162 valence electrons. The standard InChI is InChI=1S/C16H12ClN5O3.C2HF3O/c17-11-4-1-5-12(7-11)19-16(20-24)15-13(21-25-22-15)8-14(23)10-3-2-6-18-9-10;3-2(4,5)1-6/h1-7,9,24H,8H2,(H,19,20);1H. The smallest absolute Gasteiger partial charge is 0.294 e. The van der Waals surface area contributed by atoms with Gasteiger partial charge >= 0.3 is 6.18 Å². The summed E-state index contributed by atoms with van der Waals surface area (Å²) in [4.78, 5) is 29.1. The van der Waals surface area contributed by atoms with Gasteiger partial charge in [-0.25, -0.2) is 9.62 Å². The van der Waals surface area contributed by atoms with Gasteiger partial charge in [0.2, 0.25) is 6.29 Å². The highest BCUT2D eigenvalue weighted by Gasteiger charge is 2.25. The molecule has 0 amide bonds. The largest absolute Gasteiger partial charge is 0.446 e. The van der Waals surface area contributed by atoms with E-state index in [-0.39, 0.29) is 29.4 Å². The van der Waals surface area contributed by atoms with Crippen molar-refractivity contribution in [3.63, 3.8) is 0 Å². The normalized spacial score (nSPS) is 11.3. The molecule has 0 bridgehead atoms. The van der Waals surface area contributed by atoms with Gasteiger partial charge in [-0.1, -0.05) is 22.8 Å². The number of carbonyl (C=O) groups excluding carboxylic acids is 2. The maximum atomic E-state index is 12.3. The van der Waals surface area contributed by atoms with E-state index < -0.39 is 12.5 Å². The summed E-state index contributed by atoms with van der Waals surface area (Å²) in [5.41, 5.74) is 3.22. The molecule has 13 heteroatoms. The Bertz CT molecular complexity index is 1060. The van der Waals surface area contributed by atoms with Crippen LogP contribution in [0.25, 0.3) is 0 Å². The average Bonchev–Trinajstić information content (AvgIpc) is 3.20. The molecule has 0 aliphatic heterocycles. The quantitative estimate of drug-likeness (QED) is 0.197. The Morgan fingerprint density at radius 3 is 2.58 bits per heavy atom. The van der Waals surface area contributed by atoms with Crippen molar-refractivity contribution in [3.8, 4) is 0 Å². The fourth-order valence-electron chi connectivity index (χ4n) is 2.09. The molecule has 1 aromatic carbocycles. The van der Waals surface area contributed by atoms with Crippen LogP contribution in [0.2, 0.25) is 5.02 Å². The zero-order chi connectivity index (χ0) is 22.9. The number of nitrogens with zero attached hydrogens (tertiary/aromatic N) is 4. The van der Waals surface area contributed by atoms with Gasteiger partial charge in [0.15, 0.2) is 17.3 Å². The van der Waals surface area contributed by atoms with E-state index in [9.17, 15) is 23.2 Å². The predicted octanol–water partition coefficient (Wildman–Crippen LogP) is 3.35. The van der Waals surface area contributed by atoms with Gasteiger partial charge in [-0.3, -0.25) is 25.3 Å². The molecule has 0 aliphatic carbocycles. The second-order valence-corrected chi connectivity index (χ2v) is 6.05. The third-order valence-electron chi connectivity index (χ3n) is 3.38. The molecule has 0 unspecified atom stereocenters. The predicted molar refractivity (Wildman–Crippen MR) is 101 cm³/mol. The van der Waals surface area contributed by atoms with Crippen LogP contribution in [0.5, 0.6) is 0 Å². The number of rotatable bonds is 5. The Hall–Kier alpha value is -3.64. The molecule has 2 aromatic heterocycles. The van der Waals surface area contributed by atoms with Crippen LogP contribution in [0, 0.1) is 0 Å². The first-order valence-corrected chi connectivity index (χ1v) is 8.63. The SMILES string of the molecule is O=C(Cc1nonc1C(=Nc1cccc(Cl)c1)NO)c1cccnc1.O=CC(F)(F)F. The number of pyridine rings is 1. The number of aromatic nitrogens is 3. The van der Waals surface area contributed by atoms with Gasteiger partial charge in [-0.05, 0) is 35.5 Å². The number of hydrogen-bond acceptors (Lipinski definition) is 8. The van der Waals surface area contributed by atoms with Crippen molar-refractivity contribution >= 4 is 35.2 Å². The molecule has 0 fully saturated rings. The van der Waals surface area contributed by atoms with Crippen molar-refractivity contribution in [1.29, 1.82) is 0 Å². The van der Waals surface area contributed by atoms with Crippen LogP contribution < -0.4 is 5.48 Å². The average molecular weight is 456 g/mol. The van der Waals surface area contributed by atoms with E-state index in [4.69, 9.17) is 21.0 Å². The first-order chi connectivity index (χ1) is 14.7. The number of hydroxylamine groups is 1. The summed E-state index contributed by atoms with van der Waals surface area (Å²) in [7, 11) is 0. The summed E-state index contributed by atoms with van der Waals surface area (Å²) >= 11 is 5.92. The van der Waals surface area contributed by atoms with Gasteiger partial charge in [0.1, 0.15) is 5.69 Å². The van der Waals surface area contributed by atoms with E-state index in [0.717, 1.165) is 0 Å². The molecule has 3 rings (SSSR count). The molecular weight excluding hydrogens is 443 g/mol. The molecule has 0 radical (unpaired) electrons. The van der Waals surface area contributed by atoms with Gasteiger partial charge in [0, 0.05) is 23.0 Å². The maximum absolute atomic E-state index is 12.3. The monoisotopic (exact) mass is 455 g/mol. The number of carbonyl (C=O) groups is 2. The highest BCUT2D eigenvalue weighted by molar-refractivity contribution is 6.30. The fraction of sp³-hybridized carbons (Fsp3) is 0.111. The van der Waals surface area contributed by atoms with E-state index in [1.54, 1.807) is 42.6 Å². The third-order valence-corrected chi connectivity index (χ3v) is 3.62. The first-order valence-electron chi connectivity index (χ1n) is 8.26. The Kier molecular flexibility index (Phi) is 8.34. The fourth-order valence-corrected chi connectivity index (χ4v) is 2.27. The van der Waals surface area contributed by atoms with E-state index in [2.05, 4.69) is 20.3 Å². The number of alkyl halides is 3. The number of ketones is 1. The topological polar surface area (TPSA) is 131 Å². The molecule has 31 heavy (non-hydrogen) atoms. The van der Waals surface area contributed by atoms with Gasteiger partial charge in [-0.15, -0.1) is 0 Å². The Morgan fingerprint density at radius 1 is 1.26 bits per heavy atom. The Balaban J connectivity index is 0.000000501. The molecule has 2 heterocycles. The van der Waals surface area contributed by atoms with Crippen molar-refractivity contribution in [2.24, 2.45) is 4.99 Å². The zero-order valence-electron chi connectivity index (χ0n) is 15.4. The highest BCUT2D eigenvalue weighted by atomic mass is 35.5. The van der Waals surface area contributed by atoms with Crippen LogP contribution in [0.3, 0.4) is 0 Å². The van der Waals surface area contributed by atoms with Crippen molar-refractivity contribution < 1.29 is 32.6 Å². The van der Waals surface area contributed by atoms with Gasteiger partial charge in [-0.2, -0.15) is 13.2 Å². The van der Waals surface area contributed by atoms with Crippen molar-refractivity contribution in [2.45, 2.75) is 12.6 Å². The first kappa shape index (κ1) is 23.6. The minimum Gasteiger partial charge on any atom is -0.294 e. The molecule has 0 saturated heterocycles. The summed E-state index contributed by atoms with van der Waals surface area (Å²) in [6.45, 7) is 0. The molecule has 0 spiro atoms. The summed E-state index contributed by atoms with van der Waals surface area (Å²) < 4.78 is 36.0. The summed E-state index contributed by atoms with van der Waals surface area (Å²) in [5.74, 6) is -0.234. The van der Waals surface area contributed by atoms with Crippen LogP contribution in [0.15, 0.2) is 58.4 Å². The lowest BCUT2D eigenvalue weighted by Crippen LogP contribution is -2.22. The lowest BCUT2D eigenvalue weighted by Gasteiger charge is -2.03. The molecule has 3 aromatic rings. The number of aliphatic imine (C=N–C) groups is 1. The molecule has 2 N–H and O–H groups in total. The maximum Gasteiger partial charge on any atom is 0.446 e. The van der Waals surface area contributed by atoms with Crippen LogP contribution >= 0.6 is 11.6 Å².